The lowest BCUT2D eigenvalue weighted by atomic mass is 9.80. The smallest absolute Gasteiger partial charge is 0.465 e. The van der Waals surface area contributed by atoms with Crippen LogP contribution in [0.1, 0.15) is 9.67 Å². The molecule has 0 bridgehead atoms. The van der Waals surface area contributed by atoms with Crippen LogP contribution in [-0.2, 0) is 4.74 Å². The number of fused-ring (bicyclic) bond motifs is 1. The van der Waals surface area contributed by atoms with E-state index < -0.39 is 18.4 Å². The molecule has 0 atom stereocenters. The van der Waals surface area contributed by atoms with Crippen LogP contribution in [0.2, 0.25) is 0 Å². The predicted molar refractivity (Wildman–Crippen MR) is 61.9 cm³/mol. The van der Waals surface area contributed by atoms with Crippen LogP contribution >= 0.6 is 11.3 Å². The molecule has 0 aliphatic carbocycles. The fraction of sp³-hybridized carbons (Fsp3) is 0.100. The first-order valence-electron chi connectivity index (χ1n) is 4.73. The fourth-order valence-corrected chi connectivity index (χ4v) is 2.43. The number of halogens is 3. The van der Waals surface area contributed by atoms with Crippen molar-refractivity contribution in [1.29, 1.82) is 0 Å². The first-order valence-corrected chi connectivity index (χ1v) is 5.55. The Morgan fingerprint density at radius 3 is 2.59 bits per heavy atom. The van der Waals surface area contributed by atoms with Gasteiger partial charge >= 0.3 is 12.9 Å². The standard InChI is InChI=1S/C10H7BF3O2S/c1-16-10(15)9-5-6-4-7(11(12,13)14)2-3-8(6)17-9/h2-5H,1H3/q-1. The van der Waals surface area contributed by atoms with Crippen LogP contribution in [0.25, 0.3) is 10.1 Å². The highest BCUT2D eigenvalue weighted by Crippen LogP contribution is 2.26. The Labute approximate surface area is 99.1 Å². The number of esters is 1. The number of thiophene rings is 1. The molecule has 0 saturated heterocycles. The van der Waals surface area contributed by atoms with E-state index in [4.69, 9.17) is 0 Å². The maximum absolute atomic E-state index is 12.5. The average Bonchev–Trinajstić information content (AvgIpc) is 2.69. The summed E-state index contributed by atoms with van der Waals surface area (Å²) in [6.07, 6.45) is 0. The zero-order chi connectivity index (χ0) is 12.6. The fourth-order valence-electron chi connectivity index (χ4n) is 1.47. The van der Waals surface area contributed by atoms with Gasteiger partial charge in [0, 0.05) is 4.70 Å². The Morgan fingerprint density at radius 1 is 1.29 bits per heavy atom. The topological polar surface area (TPSA) is 26.3 Å². The van der Waals surface area contributed by atoms with Gasteiger partial charge in [0.15, 0.2) is 0 Å². The number of benzene rings is 1. The first kappa shape index (κ1) is 12.0. The minimum absolute atomic E-state index is 0.300. The van der Waals surface area contributed by atoms with Crippen molar-refractivity contribution in [3.63, 3.8) is 0 Å². The minimum Gasteiger partial charge on any atom is -0.465 e. The Balaban J connectivity index is 2.52. The SMILES string of the molecule is COC(=O)c1cc2cc([B-](F)(F)F)ccc2s1. The molecule has 1 heterocycles. The normalized spacial score (nSPS) is 11.8. The summed E-state index contributed by atoms with van der Waals surface area (Å²) in [6, 6.07) is 4.87. The number of carbonyl (C=O) groups is 1. The lowest BCUT2D eigenvalue weighted by molar-refractivity contribution is 0.0606. The van der Waals surface area contributed by atoms with Gasteiger partial charge in [-0.2, -0.15) is 0 Å². The second-order valence-electron chi connectivity index (χ2n) is 3.47. The second kappa shape index (κ2) is 4.07. The molecule has 0 aliphatic rings. The molecule has 0 aliphatic heterocycles. The molecule has 90 valence electrons. The van der Waals surface area contributed by atoms with Crippen LogP contribution in [0.3, 0.4) is 0 Å². The number of methoxy groups -OCH3 is 1. The van der Waals surface area contributed by atoms with E-state index in [0.29, 0.717) is 15.0 Å². The van der Waals surface area contributed by atoms with Crippen LogP contribution in [0.4, 0.5) is 12.9 Å². The highest BCUT2D eigenvalue weighted by atomic mass is 32.1. The third kappa shape index (κ3) is 2.29. The van der Waals surface area contributed by atoms with E-state index in [1.165, 1.54) is 19.2 Å². The molecule has 0 amide bonds. The van der Waals surface area contributed by atoms with Crippen LogP contribution in [0, 0.1) is 0 Å². The molecule has 2 rings (SSSR count). The minimum atomic E-state index is -5.01. The predicted octanol–water partition coefficient (Wildman–Crippen LogP) is 2.74. The Bertz CT molecular complexity index is 576. The number of hydrogen-bond acceptors (Lipinski definition) is 3. The van der Waals surface area contributed by atoms with Crippen LogP contribution in [0.15, 0.2) is 24.3 Å². The number of carbonyl (C=O) groups excluding carboxylic acids is 1. The summed E-state index contributed by atoms with van der Waals surface area (Å²) in [5.41, 5.74) is -0.660. The van der Waals surface area contributed by atoms with Gasteiger partial charge < -0.3 is 17.7 Å². The summed E-state index contributed by atoms with van der Waals surface area (Å²) < 4.78 is 42.7. The lowest BCUT2D eigenvalue weighted by Gasteiger charge is -2.14. The van der Waals surface area contributed by atoms with Gasteiger partial charge in [0.1, 0.15) is 4.88 Å². The second-order valence-corrected chi connectivity index (χ2v) is 4.56. The summed E-state index contributed by atoms with van der Waals surface area (Å²) in [6.45, 7) is -5.01. The van der Waals surface area contributed by atoms with Crippen molar-refractivity contribution in [2.24, 2.45) is 0 Å². The molecule has 1 aromatic heterocycles. The quantitative estimate of drug-likeness (QED) is 0.612. The molecule has 0 saturated carbocycles. The molecule has 2 nitrogen and oxygen atoms in total. The number of rotatable bonds is 2. The Hall–Kier alpha value is -1.50. The van der Waals surface area contributed by atoms with E-state index >= 15 is 0 Å². The maximum atomic E-state index is 12.5. The molecule has 0 N–H and O–H groups in total. The van der Waals surface area contributed by atoms with Crippen molar-refractivity contribution in [2.45, 2.75) is 0 Å². The van der Waals surface area contributed by atoms with Gasteiger partial charge in [0.25, 0.3) is 0 Å². The van der Waals surface area contributed by atoms with E-state index in [1.807, 2.05) is 0 Å². The third-order valence-electron chi connectivity index (χ3n) is 2.30. The van der Waals surface area contributed by atoms with E-state index in [9.17, 15) is 17.7 Å². The zero-order valence-corrected chi connectivity index (χ0v) is 9.56. The molecule has 0 unspecified atom stereocenters. The molecule has 0 spiro atoms. The van der Waals surface area contributed by atoms with Crippen molar-refractivity contribution in [2.75, 3.05) is 7.11 Å². The molecule has 1 aromatic carbocycles. The molecule has 0 fully saturated rings. The maximum Gasteiger partial charge on any atom is 0.509 e. The van der Waals surface area contributed by atoms with Crippen molar-refractivity contribution in [3.8, 4) is 0 Å². The van der Waals surface area contributed by atoms with Gasteiger partial charge in [0.05, 0.1) is 7.11 Å². The van der Waals surface area contributed by atoms with Gasteiger partial charge in [-0.3, -0.25) is 0 Å². The summed E-state index contributed by atoms with van der Waals surface area (Å²) in [7, 11) is 1.23. The van der Waals surface area contributed by atoms with E-state index in [-0.39, 0.29) is 0 Å². The monoisotopic (exact) mass is 259 g/mol. The highest BCUT2D eigenvalue weighted by Gasteiger charge is 2.25. The lowest BCUT2D eigenvalue weighted by Crippen LogP contribution is -2.33. The van der Waals surface area contributed by atoms with Crippen LogP contribution in [0.5, 0.6) is 0 Å². The van der Waals surface area contributed by atoms with E-state index in [0.717, 1.165) is 23.5 Å². The van der Waals surface area contributed by atoms with Gasteiger partial charge in [-0.15, -0.1) is 16.8 Å². The number of hydrogen-bond donors (Lipinski definition) is 0. The van der Waals surface area contributed by atoms with E-state index in [1.54, 1.807) is 0 Å². The molecule has 2 aromatic rings. The molecule has 0 radical (unpaired) electrons. The van der Waals surface area contributed by atoms with Crippen molar-refractivity contribution < 1.29 is 22.5 Å². The number of ether oxygens (including phenoxy) is 1. The van der Waals surface area contributed by atoms with Crippen LogP contribution in [-0.4, -0.2) is 20.1 Å². The van der Waals surface area contributed by atoms with Gasteiger partial charge in [-0.25, -0.2) is 4.79 Å². The summed E-state index contributed by atoms with van der Waals surface area (Å²) in [4.78, 5) is 11.5. The summed E-state index contributed by atoms with van der Waals surface area (Å²) in [5, 5.41) is 0.409. The van der Waals surface area contributed by atoms with Gasteiger partial charge in [-0.1, -0.05) is 12.1 Å². The van der Waals surface area contributed by atoms with Crippen LogP contribution < -0.4 is 5.46 Å². The Morgan fingerprint density at radius 2 is 2.00 bits per heavy atom. The third-order valence-corrected chi connectivity index (χ3v) is 3.40. The van der Waals surface area contributed by atoms with E-state index in [2.05, 4.69) is 4.74 Å². The average molecular weight is 259 g/mol. The summed E-state index contributed by atoms with van der Waals surface area (Å²) >= 11 is 1.11. The largest absolute Gasteiger partial charge is 0.509 e. The van der Waals surface area contributed by atoms with Crippen molar-refractivity contribution >= 4 is 39.8 Å². The van der Waals surface area contributed by atoms with Crippen molar-refractivity contribution in [3.05, 3.63) is 29.1 Å². The molecule has 17 heavy (non-hydrogen) atoms. The zero-order valence-electron chi connectivity index (χ0n) is 8.75. The summed E-state index contributed by atoms with van der Waals surface area (Å²) in [5.74, 6) is -0.537. The first-order chi connectivity index (χ1) is 7.91. The highest BCUT2D eigenvalue weighted by molar-refractivity contribution is 7.20. The molecular formula is C10H7BF3O2S-. The van der Waals surface area contributed by atoms with Gasteiger partial charge in [-0.05, 0) is 17.5 Å². The van der Waals surface area contributed by atoms with Gasteiger partial charge in [0.2, 0.25) is 0 Å². The molecular weight excluding hydrogens is 252 g/mol. The Kier molecular flexibility index (Phi) is 2.86. The molecule has 7 heteroatoms. The van der Waals surface area contributed by atoms with Crippen molar-refractivity contribution in [1.82, 2.24) is 0 Å².